The lowest BCUT2D eigenvalue weighted by Gasteiger charge is -2.04. The van der Waals surface area contributed by atoms with Crippen LogP contribution in [0.15, 0.2) is 30.6 Å². The molecular formula is C10H9N3O. The quantitative estimate of drug-likeness (QED) is 0.667. The van der Waals surface area contributed by atoms with Crippen molar-refractivity contribution in [3.8, 4) is 5.69 Å². The molecule has 0 N–H and O–H groups in total. The van der Waals surface area contributed by atoms with Crippen molar-refractivity contribution >= 4 is 6.29 Å². The number of aldehydes is 1. The largest absolute Gasteiger partial charge is 0.296 e. The molecule has 0 fully saturated rings. The predicted molar refractivity (Wildman–Crippen MR) is 51.5 cm³/mol. The van der Waals surface area contributed by atoms with Crippen LogP contribution >= 0.6 is 0 Å². The number of carbonyl (C=O) groups is 1. The van der Waals surface area contributed by atoms with E-state index in [0.29, 0.717) is 5.69 Å². The summed E-state index contributed by atoms with van der Waals surface area (Å²) in [7, 11) is 0. The van der Waals surface area contributed by atoms with E-state index in [0.717, 1.165) is 17.7 Å². The molecule has 0 aromatic carbocycles. The number of hydrogen-bond donors (Lipinski definition) is 0. The molecule has 0 radical (unpaired) electrons. The molecule has 0 aliphatic rings. The Bertz CT molecular complexity index is 448. The Balaban J connectivity index is 2.51. The maximum Gasteiger partial charge on any atom is 0.168 e. The third-order valence-corrected chi connectivity index (χ3v) is 1.95. The lowest BCUT2D eigenvalue weighted by molar-refractivity contribution is 0.111. The van der Waals surface area contributed by atoms with E-state index in [9.17, 15) is 4.79 Å². The first-order chi connectivity index (χ1) is 6.81. The molecule has 0 unspecified atom stereocenters. The van der Waals surface area contributed by atoms with Gasteiger partial charge in [0, 0.05) is 12.4 Å². The summed E-state index contributed by atoms with van der Waals surface area (Å²) < 4.78 is 1.72. The van der Waals surface area contributed by atoms with Gasteiger partial charge in [-0.2, -0.15) is 5.10 Å². The highest BCUT2D eigenvalue weighted by Crippen LogP contribution is 2.10. The van der Waals surface area contributed by atoms with Gasteiger partial charge in [-0.3, -0.25) is 4.79 Å². The van der Waals surface area contributed by atoms with Gasteiger partial charge in [-0.25, -0.2) is 9.67 Å². The number of rotatable bonds is 2. The summed E-state index contributed by atoms with van der Waals surface area (Å²) in [5, 5.41) is 4.09. The fourth-order valence-electron chi connectivity index (χ4n) is 1.29. The van der Waals surface area contributed by atoms with E-state index in [4.69, 9.17) is 0 Å². The van der Waals surface area contributed by atoms with Gasteiger partial charge in [0.2, 0.25) is 0 Å². The first-order valence-corrected chi connectivity index (χ1v) is 4.24. The molecule has 2 heterocycles. The van der Waals surface area contributed by atoms with Crippen molar-refractivity contribution in [3.05, 3.63) is 42.0 Å². The van der Waals surface area contributed by atoms with Crippen LogP contribution in [0.3, 0.4) is 0 Å². The van der Waals surface area contributed by atoms with Crippen LogP contribution in [0.5, 0.6) is 0 Å². The molecule has 0 amide bonds. The first-order valence-electron chi connectivity index (χ1n) is 4.24. The summed E-state index contributed by atoms with van der Waals surface area (Å²) in [6.07, 6.45) is 4.28. The minimum atomic E-state index is 0.443. The molecule has 0 saturated carbocycles. The molecule has 4 heteroatoms. The van der Waals surface area contributed by atoms with E-state index < -0.39 is 0 Å². The maximum atomic E-state index is 10.5. The number of aromatic nitrogens is 3. The van der Waals surface area contributed by atoms with Crippen LogP contribution in [-0.2, 0) is 0 Å². The fourth-order valence-corrected chi connectivity index (χ4v) is 1.29. The van der Waals surface area contributed by atoms with Gasteiger partial charge >= 0.3 is 0 Å². The van der Waals surface area contributed by atoms with E-state index >= 15 is 0 Å². The highest BCUT2D eigenvalue weighted by molar-refractivity contribution is 5.72. The Morgan fingerprint density at radius 2 is 2.29 bits per heavy atom. The van der Waals surface area contributed by atoms with E-state index in [1.165, 1.54) is 0 Å². The van der Waals surface area contributed by atoms with Gasteiger partial charge in [-0.1, -0.05) is 0 Å². The molecule has 0 spiro atoms. The second kappa shape index (κ2) is 3.41. The molecule has 14 heavy (non-hydrogen) atoms. The predicted octanol–water partition coefficient (Wildman–Crippen LogP) is 1.39. The van der Waals surface area contributed by atoms with Crippen LogP contribution in [0.25, 0.3) is 5.69 Å². The van der Waals surface area contributed by atoms with Crippen molar-refractivity contribution in [3.63, 3.8) is 0 Å². The van der Waals surface area contributed by atoms with Gasteiger partial charge in [0.25, 0.3) is 0 Å². The van der Waals surface area contributed by atoms with E-state index in [1.807, 2.05) is 25.3 Å². The monoisotopic (exact) mass is 187 g/mol. The Kier molecular flexibility index (Phi) is 2.10. The number of pyridine rings is 1. The molecule has 0 aliphatic carbocycles. The summed E-state index contributed by atoms with van der Waals surface area (Å²) >= 11 is 0. The molecule has 2 rings (SSSR count). The van der Waals surface area contributed by atoms with E-state index in [-0.39, 0.29) is 0 Å². The van der Waals surface area contributed by atoms with Crippen LogP contribution in [0.1, 0.15) is 16.2 Å². The average Bonchev–Trinajstić information content (AvgIpc) is 2.70. The van der Waals surface area contributed by atoms with E-state index in [1.54, 1.807) is 16.9 Å². The molecule has 4 nitrogen and oxygen atoms in total. The lowest BCUT2D eigenvalue weighted by atomic mass is 10.3. The smallest absolute Gasteiger partial charge is 0.168 e. The molecule has 0 atom stereocenters. The second-order valence-corrected chi connectivity index (χ2v) is 2.91. The van der Waals surface area contributed by atoms with Gasteiger partial charge < -0.3 is 0 Å². The number of aryl methyl sites for hydroxylation is 1. The summed E-state index contributed by atoms with van der Waals surface area (Å²) in [6, 6.07) is 5.35. The highest BCUT2D eigenvalue weighted by Gasteiger charge is 2.02. The Morgan fingerprint density at radius 1 is 1.43 bits per heavy atom. The normalized spacial score (nSPS) is 10.1. The molecule has 0 bridgehead atoms. The molecular weight excluding hydrogens is 178 g/mol. The van der Waals surface area contributed by atoms with Crippen molar-refractivity contribution in [1.29, 1.82) is 0 Å². The van der Waals surface area contributed by atoms with Crippen LogP contribution in [0.2, 0.25) is 0 Å². The van der Waals surface area contributed by atoms with Crippen LogP contribution in [0, 0.1) is 6.92 Å². The number of carbonyl (C=O) groups excluding carboxylic acids is 1. The van der Waals surface area contributed by atoms with Crippen LogP contribution in [-0.4, -0.2) is 21.1 Å². The van der Waals surface area contributed by atoms with Crippen molar-refractivity contribution in [2.45, 2.75) is 6.92 Å². The SMILES string of the molecule is Cc1nc(C=O)ccc1-n1cccn1. The lowest BCUT2D eigenvalue weighted by Crippen LogP contribution is -2.01. The fraction of sp³-hybridized carbons (Fsp3) is 0.100. The first kappa shape index (κ1) is 8.62. The molecule has 0 aliphatic heterocycles. The Morgan fingerprint density at radius 3 is 2.86 bits per heavy atom. The van der Waals surface area contributed by atoms with Crippen molar-refractivity contribution in [2.24, 2.45) is 0 Å². The zero-order valence-electron chi connectivity index (χ0n) is 7.71. The maximum absolute atomic E-state index is 10.5. The number of hydrogen-bond acceptors (Lipinski definition) is 3. The van der Waals surface area contributed by atoms with Gasteiger partial charge in [-0.15, -0.1) is 0 Å². The van der Waals surface area contributed by atoms with Crippen LogP contribution in [0.4, 0.5) is 0 Å². The van der Waals surface area contributed by atoms with Gasteiger partial charge in [0.05, 0.1) is 11.4 Å². The Hall–Kier alpha value is -1.97. The zero-order valence-corrected chi connectivity index (χ0v) is 7.71. The third kappa shape index (κ3) is 1.42. The molecule has 70 valence electrons. The molecule has 2 aromatic rings. The molecule has 2 aromatic heterocycles. The van der Waals surface area contributed by atoms with E-state index in [2.05, 4.69) is 10.1 Å². The third-order valence-electron chi connectivity index (χ3n) is 1.95. The topological polar surface area (TPSA) is 47.8 Å². The van der Waals surface area contributed by atoms with Gasteiger partial charge in [0.15, 0.2) is 6.29 Å². The number of nitrogens with zero attached hydrogens (tertiary/aromatic N) is 3. The standard InChI is InChI=1S/C10H9N3O/c1-8-10(13-6-2-5-11-13)4-3-9(7-14)12-8/h2-7H,1H3. The summed E-state index contributed by atoms with van der Waals surface area (Å²) in [5.41, 5.74) is 2.12. The second-order valence-electron chi connectivity index (χ2n) is 2.91. The van der Waals surface area contributed by atoms with Gasteiger partial charge in [0.1, 0.15) is 5.69 Å². The summed E-state index contributed by atoms with van der Waals surface area (Å²) in [4.78, 5) is 14.6. The van der Waals surface area contributed by atoms with Crippen molar-refractivity contribution < 1.29 is 4.79 Å². The Labute approximate surface area is 81.2 Å². The zero-order chi connectivity index (χ0) is 9.97. The van der Waals surface area contributed by atoms with Crippen molar-refractivity contribution in [2.75, 3.05) is 0 Å². The van der Waals surface area contributed by atoms with Gasteiger partial charge in [-0.05, 0) is 25.1 Å². The summed E-state index contributed by atoms with van der Waals surface area (Å²) in [6.45, 7) is 1.85. The minimum absolute atomic E-state index is 0.443. The highest BCUT2D eigenvalue weighted by atomic mass is 16.1. The minimum Gasteiger partial charge on any atom is -0.296 e. The average molecular weight is 187 g/mol. The summed E-state index contributed by atoms with van der Waals surface area (Å²) in [5.74, 6) is 0. The van der Waals surface area contributed by atoms with Crippen LogP contribution < -0.4 is 0 Å². The van der Waals surface area contributed by atoms with Crippen molar-refractivity contribution in [1.82, 2.24) is 14.8 Å². The molecule has 0 saturated heterocycles.